The highest BCUT2D eigenvalue weighted by Crippen LogP contribution is 2.21. The molecule has 19 heteroatoms. The van der Waals surface area contributed by atoms with Crippen molar-refractivity contribution in [3.05, 3.63) is 66.0 Å². The molecule has 482 valence electrons. The van der Waals surface area contributed by atoms with Crippen LogP contribution in [-0.4, -0.2) is 115 Å². The van der Waals surface area contributed by atoms with Crippen LogP contribution in [0.2, 0.25) is 0 Å². The van der Waals surface area contributed by atoms with E-state index in [0.29, 0.717) is 51.4 Å². The molecule has 1 aromatic carbocycles. The van der Waals surface area contributed by atoms with Gasteiger partial charge in [0.2, 0.25) is 20.4 Å². The van der Waals surface area contributed by atoms with Gasteiger partial charge < -0.3 is 39.1 Å². The Morgan fingerprint density at radius 1 is 0.506 bits per heavy atom. The second-order valence-electron chi connectivity index (χ2n) is 26.5. The molecule has 2 aromatic rings. The number of hydrogen-bond acceptors (Lipinski definition) is 19. The third-order valence-corrected chi connectivity index (χ3v) is 12.7. The second kappa shape index (κ2) is 41.0. The number of nitrogens with zero attached hydrogens (tertiary/aromatic N) is 2. The molecule has 1 aliphatic rings. The van der Waals surface area contributed by atoms with Gasteiger partial charge in [0.05, 0.1) is 22.2 Å². The number of ether oxygens (including phenoxy) is 6. The number of carbonyl (C=O) groups is 10. The maximum Gasteiger partial charge on any atom is 0.326 e. The van der Waals surface area contributed by atoms with Gasteiger partial charge in [-0.2, -0.15) is 0 Å². The Balaban J connectivity index is 0. The van der Waals surface area contributed by atoms with E-state index in [0.717, 1.165) is 24.2 Å². The lowest BCUT2D eigenvalue weighted by molar-refractivity contribution is -0.176. The molecule has 0 spiro atoms. The number of aromatic nitrogens is 1. The van der Waals surface area contributed by atoms with Crippen molar-refractivity contribution in [2.24, 2.45) is 44.6 Å². The third kappa shape index (κ3) is 42.3. The van der Waals surface area contributed by atoms with Gasteiger partial charge in [0, 0.05) is 68.2 Å². The summed E-state index contributed by atoms with van der Waals surface area (Å²) in [7, 11) is 0. The first kappa shape index (κ1) is 80.9. The molecule has 0 bridgehead atoms. The van der Waals surface area contributed by atoms with Crippen LogP contribution in [-0.2, 0) is 89.2 Å². The van der Waals surface area contributed by atoms with Crippen LogP contribution in [0, 0.1) is 38.9 Å². The molecule has 0 amide bonds. The van der Waals surface area contributed by atoms with Crippen molar-refractivity contribution in [3.8, 4) is 0 Å². The van der Waals surface area contributed by atoms with Crippen molar-refractivity contribution in [1.82, 2.24) is 9.88 Å². The standard InChI is InChI=1S/C16H29NO2.C15H21NO4.C15H21NO2.C12H22O4.C8H14O4/c1-16(2,3)15(19)10-9-14(18)8-7-13-17-11-5-4-6-12-17;1-15(2,3)14(18)20-10-19-13(17)12(16)9-11-7-5-4-6-8-11;1-15(2,3)14(18)10-9-13(17)8-7-12-6-4-5-11-16-12;1-8(2)9(3)10(13)15-7-16-11(14)12(4,5)6;1-6(9)11-5-12-7(10)8(2,3)4/h4-13H2,1-3H3;4-8,12H,9-10,16H2,1-3H3;4-6,11H,7-10H2,1-3H3;8-9H,7H2,1-6H3;5H2,1-4H3. The van der Waals surface area contributed by atoms with Crippen LogP contribution in [0.4, 0.5) is 0 Å². The first-order valence-electron chi connectivity index (χ1n) is 29.6. The summed E-state index contributed by atoms with van der Waals surface area (Å²) < 4.78 is 28.4. The number of esters is 6. The maximum absolute atomic E-state index is 11.7. The van der Waals surface area contributed by atoms with Crippen molar-refractivity contribution >= 4 is 58.9 Å². The number of aryl methyl sites for hydroxylation is 1. The molecule has 0 saturated carbocycles. The lowest BCUT2D eigenvalue weighted by Crippen LogP contribution is -2.35. The van der Waals surface area contributed by atoms with Crippen LogP contribution in [0.25, 0.3) is 0 Å². The van der Waals surface area contributed by atoms with Crippen LogP contribution < -0.4 is 5.73 Å². The van der Waals surface area contributed by atoms with Crippen LogP contribution in [0.3, 0.4) is 0 Å². The summed E-state index contributed by atoms with van der Waals surface area (Å²) in [6.45, 7) is 36.3. The van der Waals surface area contributed by atoms with Gasteiger partial charge in [-0.1, -0.05) is 105 Å². The number of pyridine rings is 1. The number of benzene rings is 1. The molecule has 1 aromatic heterocycles. The van der Waals surface area contributed by atoms with Crippen molar-refractivity contribution in [2.75, 3.05) is 40.0 Å². The van der Waals surface area contributed by atoms with Crippen molar-refractivity contribution in [1.29, 1.82) is 0 Å². The number of Topliss-reactive ketones (excluding diaryl/α,β-unsaturated/α-hetero) is 4. The highest BCUT2D eigenvalue weighted by molar-refractivity contribution is 5.89. The Morgan fingerprint density at radius 3 is 1.33 bits per heavy atom. The number of nitrogens with two attached hydrogens (primary N) is 1. The summed E-state index contributed by atoms with van der Waals surface area (Å²) in [6.07, 6.45) is 10.3. The average molecular weight is 1200 g/mol. The van der Waals surface area contributed by atoms with E-state index >= 15 is 0 Å². The fraction of sp³-hybridized carbons (Fsp3) is 0.682. The van der Waals surface area contributed by atoms with Crippen molar-refractivity contribution in [2.45, 2.75) is 215 Å². The Hall–Kier alpha value is -6.21. The summed E-state index contributed by atoms with van der Waals surface area (Å²) in [5.41, 5.74) is 5.20. The van der Waals surface area contributed by atoms with E-state index in [1.807, 2.05) is 104 Å². The van der Waals surface area contributed by atoms with Crippen LogP contribution in [0.1, 0.15) is 207 Å². The van der Waals surface area contributed by atoms with Gasteiger partial charge in [0.1, 0.15) is 29.2 Å². The number of ketones is 4. The van der Waals surface area contributed by atoms with E-state index in [1.165, 1.54) is 39.3 Å². The fourth-order valence-electron chi connectivity index (χ4n) is 6.56. The third-order valence-electron chi connectivity index (χ3n) is 12.7. The molecule has 2 heterocycles. The molecule has 85 heavy (non-hydrogen) atoms. The van der Waals surface area contributed by atoms with Crippen LogP contribution in [0.15, 0.2) is 54.7 Å². The molecular formula is C66H107N3O16. The highest BCUT2D eigenvalue weighted by Gasteiger charge is 2.27. The molecule has 19 nitrogen and oxygen atoms in total. The molecule has 1 aliphatic heterocycles. The van der Waals surface area contributed by atoms with Gasteiger partial charge in [-0.3, -0.25) is 52.9 Å². The number of piperidine rings is 1. The minimum atomic E-state index is -0.772. The van der Waals surface area contributed by atoms with Crippen LogP contribution in [0.5, 0.6) is 0 Å². The molecule has 1 saturated heterocycles. The monoisotopic (exact) mass is 1200 g/mol. The zero-order valence-electron chi connectivity index (χ0n) is 55.2. The first-order chi connectivity index (χ1) is 39.1. The first-order valence-corrected chi connectivity index (χ1v) is 29.6. The Morgan fingerprint density at radius 2 is 0.929 bits per heavy atom. The van der Waals surface area contributed by atoms with E-state index in [4.69, 9.17) is 24.7 Å². The molecule has 0 aliphatic carbocycles. The van der Waals surface area contributed by atoms with E-state index in [9.17, 15) is 47.9 Å². The van der Waals surface area contributed by atoms with Gasteiger partial charge in [-0.25, -0.2) is 0 Å². The fourth-order valence-corrected chi connectivity index (χ4v) is 6.56. The molecule has 3 rings (SSSR count). The Bertz CT molecular complexity index is 2330. The molecular weight excluding hydrogens is 1090 g/mol. The van der Waals surface area contributed by atoms with Gasteiger partial charge in [-0.05, 0) is 138 Å². The number of carbonyl (C=O) groups excluding carboxylic acids is 10. The molecule has 0 radical (unpaired) electrons. The predicted octanol–water partition coefficient (Wildman–Crippen LogP) is 11.3. The lowest BCUT2D eigenvalue weighted by Gasteiger charge is -2.26. The lowest BCUT2D eigenvalue weighted by atomic mass is 9.87. The summed E-state index contributed by atoms with van der Waals surface area (Å²) in [5, 5.41) is 0. The zero-order chi connectivity index (χ0) is 65.8. The van der Waals surface area contributed by atoms with Crippen LogP contribution >= 0.6 is 0 Å². The van der Waals surface area contributed by atoms with Gasteiger partial charge in [0.25, 0.3) is 0 Å². The minimum absolute atomic E-state index is 0.137. The molecule has 2 N–H and O–H groups in total. The molecule has 2 atom stereocenters. The summed E-state index contributed by atoms with van der Waals surface area (Å²) in [4.78, 5) is 121. The van der Waals surface area contributed by atoms with Crippen molar-refractivity contribution < 1.29 is 76.4 Å². The van der Waals surface area contributed by atoms with E-state index < -0.39 is 47.0 Å². The summed E-state index contributed by atoms with van der Waals surface area (Å²) >= 11 is 0. The number of rotatable bonds is 24. The zero-order valence-corrected chi connectivity index (χ0v) is 55.2. The quantitative estimate of drug-likeness (QED) is 0.0581. The largest absolute Gasteiger partial charge is 0.428 e. The predicted molar refractivity (Wildman–Crippen MR) is 327 cm³/mol. The van der Waals surface area contributed by atoms with E-state index in [2.05, 4.69) is 19.4 Å². The number of hydrogen-bond donors (Lipinski definition) is 1. The van der Waals surface area contributed by atoms with Gasteiger partial charge in [0.15, 0.2) is 0 Å². The summed E-state index contributed by atoms with van der Waals surface area (Å²) in [6, 6.07) is 14.3. The molecule has 2 unspecified atom stereocenters. The minimum Gasteiger partial charge on any atom is -0.428 e. The average Bonchev–Trinajstić information content (AvgIpc) is 3.44. The Labute approximate surface area is 508 Å². The van der Waals surface area contributed by atoms with Gasteiger partial charge in [-0.15, -0.1) is 0 Å². The summed E-state index contributed by atoms with van der Waals surface area (Å²) in [5.74, 6) is -1.83. The smallest absolute Gasteiger partial charge is 0.326 e. The Kier molecular flexibility index (Phi) is 39.0. The van der Waals surface area contributed by atoms with E-state index in [-0.39, 0.29) is 77.3 Å². The highest BCUT2D eigenvalue weighted by atomic mass is 16.7. The SMILES string of the molecule is CC(=O)OCOC(=O)C(C)(C)C.CC(C)(C)C(=O)CCC(=O)CCCN1CCCCC1.CC(C)(C)C(=O)CCC(=O)CCc1ccccn1.CC(C)(C)C(=O)OCOC(=O)C(N)Cc1ccccc1.CC(C)C(C)C(=O)OCOC(=O)C(C)(C)C. The van der Waals surface area contributed by atoms with Gasteiger partial charge >= 0.3 is 35.8 Å². The van der Waals surface area contributed by atoms with E-state index in [1.54, 1.807) is 75.4 Å². The topological polar surface area (TPSA) is 268 Å². The maximum atomic E-state index is 11.7. The normalized spacial score (nSPS) is 13.3. The second-order valence-corrected chi connectivity index (χ2v) is 26.5. The molecule has 1 fully saturated rings. The number of likely N-dealkylation sites (tertiary alicyclic amines) is 1. The van der Waals surface area contributed by atoms with Crippen molar-refractivity contribution in [3.63, 3.8) is 0 Å².